The molecule has 0 N–H and O–H groups in total. The van der Waals surface area contributed by atoms with E-state index in [4.69, 9.17) is 0 Å². The molecule has 5 heteroatoms. The zero-order chi connectivity index (χ0) is 16.9. The molecule has 0 atom stereocenters. The van der Waals surface area contributed by atoms with Gasteiger partial charge in [-0.2, -0.15) is 5.26 Å². The van der Waals surface area contributed by atoms with Gasteiger partial charge in [0.05, 0.1) is 18.1 Å². The highest BCUT2D eigenvalue weighted by Crippen LogP contribution is 2.20. The van der Waals surface area contributed by atoms with Gasteiger partial charge in [0.15, 0.2) is 0 Å². The van der Waals surface area contributed by atoms with Gasteiger partial charge in [-0.1, -0.05) is 42.5 Å². The average Bonchev–Trinajstić information content (AvgIpc) is 2.97. The van der Waals surface area contributed by atoms with E-state index in [1.165, 1.54) is 13.2 Å². The monoisotopic (exact) mass is 317 g/mol. The van der Waals surface area contributed by atoms with Crippen LogP contribution in [0.1, 0.15) is 11.4 Å². The lowest BCUT2D eigenvalue weighted by Gasteiger charge is -2.07. The third kappa shape index (κ3) is 3.03. The highest BCUT2D eigenvalue weighted by atomic mass is 16.5. The van der Waals surface area contributed by atoms with Crippen LogP contribution in [-0.2, 0) is 16.1 Å². The molecule has 24 heavy (non-hydrogen) atoms. The summed E-state index contributed by atoms with van der Waals surface area (Å²) in [6, 6.07) is 19.5. The van der Waals surface area contributed by atoms with Gasteiger partial charge in [-0.25, -0.2) is 9.78 Å². The van der Waals surface area contributed by atoms with Crippen molar-refractivity contribution in [1.29, 1.82) is 5.26 Å². The van der Waals surface area contributed by atoms with Crippen LogP contribution in [0.25, 0.3) is 17.1 Å². The lowest BCUT2D eigenvalue weighted by atomic mass is 10.2. The third-order valence-corrected chi connectivity index (χ3v) is 3.67. The molecule has 3 aromatic rings. The van der Waals surface area contributed by atoms with Gasteiger partial charge < -0.3 is 9.30 Å². The van der Waals surface area contributed by atoms with Crippen LogP contribution in [0, 0.1) is 11.3 Å². The minimum atomic E-state index is -0.671. The van der Waals surface area contributed by atoms with E-state index in [0.29, 0.717) is 12.4 Å². The van der Waals surface area contributed by atoms with E-state index in [2.05, 4.69) is 9.72 Å². The number of para-hydroxylation sites is 2. The van der Waals surface area contributed by atoms with E-state index in [-0.39, 0.29) is 5.57 Å². The molecular formula is C19H15N3O2. The smallest absolute Gasteiger partial charge is 0.348 e. The van der Waals surface area contributed by atoms with E-state index >= 15 is 0 Å². The minimum Gasteiger partial charge on any atom is -0.465 e. The standard InChI is InChI=1S/C19H15N3O2/c1-24-19(23)15(12-20)11-18-21-16-9-5-6-10-17(16)22(18)13-14-7-3-2-4-8-14/h2-11H,13H2,1H3/b15-11+. The Hall–Kier alpha value is -3.39. The summed E-state index contributed by atoms with van der Waals surface area (Å²) in [5, 5.41) is 9.19. The lowest BCUT2D eigenvalue weighted by molar-refractivity contribution is -0.135. The second-order valence-electron chi connectivity index (χ2n) is 5.19. The van der Waals surface area contributed by atoms with E-state index in [1.807, 2.05) is 65.2 Å². The largest absolute Gasteiger partial charge is 0.465 e. The van der Waals surface area contributed by atoms with Crippen LogP contribution in [0.15, 0.2) is 60.2 Å². The predicted octanol–water partition coefficient (Wildman–Crippen LogP) is 3.16. The fourth-order valence-corrected chi connectivity index (χ4v) is 2.51. The Morgan fingerprint density at radius 1 is 1.21 bits per heavy atom. The number of nitrogens with zero attached hydrogens (tertiary/aromatic N) is 3. The van der Waals surface area contributed by atoms with Crippen LogP contribution in [0.5, 0.6) is 0 Å². The third-order valence-electron chi connectivity index (χ3n) is 3.67. The number of aromatic nitrogens is 2. The van der Waals surface area contributed by atoms with Gasteiger partial charge in [-0.05, 0) is 17.7 Å². The molecule has 0 saturated carbocycles. The number of esters is 1. The van der Waals surface area contributed by atoms with E-state index in [1.54, 1.807) is 0 Å². The van der Waals surface area contributed by atoms with Crippen molar-refractivity contribution in [2.24, 2.45) is 0 Å². The maximum absolute atomic E-state index is 11.7. The topological polar surface area (TPSA) is 67.9 Å². The first-order valence-electron chi connectivity index (χ1n) is 7.42. The number of hydrogen-bond acceptors (Lipinski definition) is 4. The molecule has 0 bridgehead atoms. The van der Waals surface area contributed by atoms with Gasteiger partial charge >= 0.3 is 5.97 Å². The maximum atomic E-state index is 11.7. The molecule has 0 saturated heterocycles. The lowest BCUT2D eigenvalue weighted by Crippen LogP contribution is -2.06. The van der Waals surface area contributed by atoms with Crippen LogP contribution in [0.2, 0.25) is 0 Å². The summed E-state index contributed by atoms with van der Waals surface area (Å²) in [5.41, 5.74) is 2.77. The number of rotatable bonds is 4. The normalized spacial score (nSPS) is 11.2. The van der Waals surface area contributed by atoms with Crippen molar-refractivity contribution >= 4 is 23.1 Å². The van der Waals surface area contributed by atoms with E-state index in [9.17, 15) is 10.1 Å². The van der Waals surface area contributed by atoms with Crippen LogP contribution < -0.4 is 0 Å². The summed E-state index contributed by atoms with van der Waals surface area (Å²) in [6.07, 6.45) is 1.47. The molecule has 5 nitrogen and oxygen atoms in total. The predicted molar refractivity (Wildman–Crippen MR) is 90.9 cm³/mol. The molecule has 118 valence electrons. The number of methoxy groups -OCH3 is 1. The Morgan fingerprint density at radius 2 is 1.92 bits per heavy atom. The number of ether oxygens (including phenoxy) is 1. The molecule has 0 amide bonds. The van der Waals surface area contributed by atoms with Crippen LogP contribution in [-0.4, -0.2) is 22.6 Å². The van der Waals surface area contributed by atoms with E-state index < -0.39 is 5.97 Å². The molecule has 0 fully saturated rings. The van der Waals surface area contributed by atoms with Gasteiger partial charge in [-0.3, -0.25) is 0 Å². The fraction of sp³-hybridized carbons (Fsp3) is 0.105. The highest BCUT2D eigenvalue weighted by molar-refractivity contribution is 5.97. The molecule has 1 aromatic heterocycles. The van der Waals surface area contributed by atoms with Crippen LogP contribution >= 0.6 is 0 Å². The number of imidazole rings is 1. The van der Waals surface area contributed by atoms with Crippen molar-refractivity contribution in [3.8, 4) is 6.07 Å². The van der Waals surface area contributed by atoms with Crippen molar-refractivity contribution in [1.82, 2.24) is 9.55 Å². The summed E-state index contributed by atoms with van der Waals surface area (Å²) in [6.45, 7) is 0.590. The molecule has 3 rings (SSSR count). The van der Waals surface area contributed by atoms with Crippen molar-refractivity contribution in [3.63, 3.8) is 0 Å². The number of carbonyl (C=O) groups is 1. The van der Waals surface area contributed by atoms with Gasteiger partial charge in [0.25, 0.3) is 0 Å². The summed E-state index contributed by atoms with van der Waals surface area (Å²) < 4.78 is 6.62. The summed E-state index contributed by atoms with van der Waals surface area (Å²) >= 11 is 0. The Bertz CT molecular complexity index is 950. The van der Waals surface area contributed by atoms with E-state index in [0.717, 1.165) is 16.6 Å². The van der Waals surface area contributed by atoms with Crippen molar-refractivity contribution < 1.29 is 9.53 Å². The van der Waals surface area contributed by atoms with Crippen molar-refractivity contribution in [2.75, 3.05) is 7.11 Å². The molecule has 0 spiro atoms. The zero-order valence-corrected chi connectivity index (χ0v) is 13.1. The summed E-state index contributed by atoms with van der Waals surface area (Å²) in [5.74, 6) is -0.127. The van der Waals surface area contributed by atoms with Crippen LogP contribution in [0.4, 0.5) is 0 Å². The quantitative estimate of drug-likeness (QED) is 0.421. The Kier molecular flexibility index (Phi) is 4.39. The van der Waals surface area contributed by atoms with Gasteiger partial charge in [-0.15, -0.1) is 0 Å². The Balaban J connectivity index is 2.14. The number of nitriles is 1. The molecule has 0 aliphatic rings. The van der Waals surface area contributed by atoms with Gasteiger partial charge in [0.1, 0.15) is 17.5 Å². The van der Waals surface area contributed by atoms with Crippen molar-refractivity contribution in [2.45, 2.75) is 6.54 Å². The highest BCUT2D eigenvalue weighted by Gasteiger charge is 2.14. The van der Waals surface area contributed by atoms with Gasteiger partial charge in [0, 0.05) is 12.6 Å². The second-order valence-corrected chi connectivity index (χ2v) is 5.19. The average molecular weight is 317 g/mol. The van der Waals surface area contributed by atoms with Crippen molar-refractivity contribution in [3.05, 3.63) is 71.6 Å². The second kappa shape index (κ2) is 6.80. The zero-order valence-electron chi connectivity index (χ0n) is 13.1. The molecule has 2 aromatic carbocycles. The first-order valence-corrected chi connectivity index (χ1v) is 7.42. The maximum Gasteiger partial charge on any atom is 0.348 e. The molecule has 1 heterocycles. The number of hydrogen-bond donors (Lipinski definition) is 0. The first-order chi connectivity index (χ1) is 11.7. The summed E-state index contributed by atoms with van der Waals surface area (Å²) in [7, 11) is 1.25. The molecule has 0 unspecified atom stereocenters. The Morgan fingerprint density at radius 3 is 2.62 bits per heavy atom. The number of benzene rings is 2. The molecule has 0 radical (unpaired) electrons. The number of fused-ring (bicyclic) bond motifs is 1. The van der Waals surface area contributed by atoms with Gasteiger partial charge in [0.2, 0.25) is 0 Å². The first kappa shape index (κ1) is 15.5. The SMILES string of the molecule is COC(=O)/C(C#N)=C/c1nc2ccccc2n1Cc1ccccc1. The fourth-order valence-electron chi connectivity index (χ4n) is 2.51. The minimum absolute atomic E-state index is 0.0814. The molecular weight excluding hydrogens is 302 g/mol. The molecule has 0 aliphatic heterocycles. The molecule has 0 aliphatic carbocycles. The summed E-state index contributed by atoms with van der Waals surface area (Å²) in [4.78, 5) is 16.2. The number of carbonyl (C=O) groups excluding carboxylic acids is 1. The Labute approximate surface area is 139 Å². The van der Waals surface area contributed by atoms with Crippen LogP contribution in [0.3, 0.4) is 0 Å².